The van der Waals surface area contributed by atoms with Gasteiger partial charge < -0.3 is 10.0 Å². The first-order valence-corrected chi connectivity index (χ1v) is 6.29. The standard InChI is InChI=1S/C14H19NO2/c1-2-11-7-9-15(10-8-11)14(17)12-5-3-4-6-13(12)16/h3-6,11,16H,2,7-10H2,1H3. The van der Waals surface area contributed by atoms with Gasteiger partial charge in [0.25, 0.3) is 5.91 Å². The minimum atomic E-state index is -0.0438. The second kappa shape index (κ2) is 5.21. The molecule has 0 aliphatic carbocycles. The first-order chi connectivity index (χ1) is 8.22. The summed E-state index contributed by atoms with van der Waals surface area (Å²) in [6, 6.07) is 6.76. The highest BCUT2D eigenvalue weighted by Crippen LogP contribution is 2.23. The third-order valence-electron chi connectivity index (χ3n) is 3.61. The molecule has 0 radical (unpaired) electrons. The number of amides is 1. The number of carbonyl (C=O) groups is 1. The lowest BCUT2D eigenvalue weighted by atomic mass is 9.94. The van der Waals surface area contributed by atoms with E-state index in [1.54, 1.807) is 24.3 Å². The number of benzene rings is 1. The molecule has 2 rings (SSSR count). The second-order valence-electron chi connectivity index (χ2n) is 4.66. The molecular weight excluding hydrogens is 214 g/mol. The normalized spacial score (nSPS) is 17.1. The van der Waals surface area contributed by atoms with Crippen molar-refractivity contribution in [3.8, 4) is 5.75 Å². The van der Waals surface area contributed by atoms with Crippen LogP contribution in [0.5, 0.6) is 5.75 Å². The van der Waals surface area contributed by atoms with Crippen LogP contribution in [0.25, 0.3) is 0 Å². The monoisotopic (exact) mass is 233 g/mol. The van der Waals surface area contributed by atoms with Crippen molar-refractivity contribution < 1.29 is 9.90 Å². The number of carbonyl (C=O) groups excluding carboxylic acids is 1. The van der Waals surface area contributed by atoms with Crippen LogP contribution in [0.4, 0.5) is 0 Å². The van der Waals surface area contributed by atoms with Gasteiger partial charge >= 0.3 is 0 Å². The summed E-state index contributed by atoms with van der Waals surface area (Å²) in [5.41, 5.74) is 0.419. The van der Waals surface area contributed by atoms with E-state index in [0.29, 0.717) is 5.56 Å². The fourth-order valence-electron chi connectivity index (χ4n) is 2.37. The average Bonchev–Trinajstić information content (AvgIpc) is 2.39. The van der Waals surface area contributed by atoms with Crippen molar-refractivity contribution in [1.29, 1.82) is 0 Å². The molecule has 17 heavy (non-hydrogen) atoms. The van der Waals surface area contributed by atoms with Crippen molar-refractivity contribution in [2.75, 3.05) is 13.1 Å². The predicted octanol–water partition coefficient (Wildman–Crippen LogP) is 2.65. The average molecular weight is 233 g/mol. The highest BCUT2D eigenvalue weighted by atomic mass is 16.3. The fraction of sp³-hybridized carbons (Fsp3) is 0.500. The maximum absolute atomic E-state index is 12.2. The Morgan fingerprint density at radius 2 is 2.00 bits per heavy atom. The van der Waals surface area contributed by atoms with Gasteiger partial charge in [0, 0.05) is 13.1 Å². The Hall–Kier alpha value is -1.51. The third-order valence-corrected chi connectivity index (χ3v) is 3.61. The fourth-order valence-corrected chi connectivity index (χ4v) is 2.37. The van der Waals surface area contributed by atoms with Gasteiger partial charge in [-0.2, -0.15) is 0 Å². The zero-order valence-electron chi connectivity index (χ0n) is 10.2. The number of hydrogen-bond donors (Lipinski definition) is 1. The van der Waals surface area contributed by atoms with Gasteiger partial charge in [0.05, 0.1) is 5.56 Å². The molecule has 0 bridgehead atoms. The largest absolute Gasteiger partial charge is 0.507 e. The van der Waals surface area contributed by atoms with Gasteiger partial charge in [-0.3, -0.25) is 4.79 Å². The number of piperidine rings is 1. The van der Waals surface area contributed by atoms with Gasteiger partial charge in [0.15, 0.2) is 0 Å². The third kappa shape index (κ3) is 2.60. The van der Waals surface area contributed by atoms with E-state index in [0.717, 1.165) is 31.8 Å². The van der Waals surface area contributed by atoms with E-state index >= 15 is 0 Å². The Kier molecular flexibility index (Phi) is 3.67. The van der Waals surface area contributed by atoms with Crippen molar-refractivity contribution in [3.63, 3.8) is 0 Å². The Balaban J connectivity index is 2.04. The van der Waals surface area contributed by atoms with Crippen LogP contribution in [-0.2, 0) is 0 Å². The minimum absolute atomic E-state index is 0.0438. The summed E-state index contributed by atoms with van der Waals surface area (Å²) >= 11 is 0. The molecule has 1 saturated heterocycles. The Bertz CT molecular complexity index is 395. The second-order valence-corrected chi connectivity index (χ2v) is 4.66. The number of aromatic hydroxyl groups is 1. The van der Waals surface area contributed by atoms with E-state index in [9.17, 15) is 9.90 Å². The molecule has 92 valence electrons. The highest BCUT2D eigenvalue weighted by molar-refractivity contribution is 5.96. The van der Waals surface area contributed by atoms with Crippen molar-refractivity contribution in [2.24, 2.45) is 5.92 Å². The SMILES string of the molecule is CCC1CCN(C(=O)c2ccccc2O)CC1. The topological polar surface area (TPSA) is 40.5 Å². The molecule has 3 heteroatoms. The van der Waals surface area contributed by atoms with Gasteiger partial charge in [0.1, 0.15) is 5.75 Å². The lowest BCUT2D eigenvalue weighted by Gasteiger charge is -2.31. The molecule has 1 aliphatic rings. The Morgan fingerprint density at radius 1 is 1.35 bits per heavy atom. The summed E-state index contributed by atoms with van der Waals surface area (Å²) in [5.74, 6) is 0.788. The number of hydrogen-bond acceptors (Lipinski definition) is 2. The van der Waals surface area contributed by atoms with E-state index in [4.69, 9.17) is 0 Å². The van der Waals surface area contributed by atoms with Crippen LogP contribution in [0.1, 0.15) is 36.5 Å². The molecule has 1 N–H and O–H groups in total. The summed E-state index contributed by atoms with van der Waals surface area (Å²) in [6.45, 7) is 3.82. The van der Waals surface area contributed by atoms with E-state index in [-0.39, 0.29) is 11.7 Å². The van der Waals surface area contributed by atoms with E-state index in [1.165, 1.54) is 6.42 Å². The molecule has 1 aromatic carbocycles. The van der Waals surface area contributed by atoms with Gasteiger partial charge in [-0.15, -0.1) is 0 Å². The zero-order chi connectivity index (χ0) is 12.3. The molecular formula is C14H19NO2. The number of phenolic OH excluding ortho intramolecular Hbond substituents is 1. The Morgan fingerprint density at radius 3 is 2.59 bits per heavy atom. The molecule has 3 nitrogen and oxygen atoms in total. The van der Waals surface area contributed by atoms with E-state index in [2.05, 4.69) is 6.92 Å². The van der Waals surface area contributed by atoms with Crippen LogP contribution >= 0.6 is 0 Å². The summed E-state index contributed by atoms with van der Waals surface area (Å²) in [7, 11) is 0. The van der Waals surface area contributed by atoms with Crippen LogP contribution in [0, 0.1) is 5.92 Å². The van der Waals surface area contributed by atoms with Crippen LogP contribution in [0.2, 0.25) is 0 Å². The van der Waals surface area contributed by atoms with Gasteiger partial charge in [-0.1, -0.05) is 25.5 Å². The van der Waals surface area contributed by atoms with Crippen LogP contribution in [0.15, 0.2) is 24.3 Å². The van der Waals surface area contributed by atoms with Crippen molar-refractivity contribution in [2.45, 2.75) is 26.2 Å². The van der Waals surface area contributed by atoms with Crippen molar-refractivity contribution in [3.05, 3.63) is 29.8 Å². The van der Waals surface area contributed by atoms with Gasteiger partial charge in [0.2, 0.25) is 0 Å². The molecule has 0 saturated carbocycles. The van der Waals surface area contributed by atoms with Gasteiger partial charge in [-0.05, 0) is 30.9 Å². The molecule has 1 aromatic rings. The van der Waals surface area contributed by atoms with E-state index in [1.807, 2.05) is 4.90 Å². The summed E-state index contributed by atoms with van der Waals surface area (Å²) in [4.78, 5) is 14.0. The smallest absolute Gasteiger partial charge is 0.257 e. The van der Waals surface area contributed by atoms with Crippen molar-refractivity contribution in [1.82, 2.24) is 4.90 Å². The first kappa shape index (κ1) is 12.0. The molecule has 1 fully saturated rings. The quantitative estimate of drug-likeness (QED) is 0.853. The number of nitrogens with zero attached hydrogens (tertiary/aromatic N) is 1. The van der Waals surface area contributed by atoms with Crippen LogP contribution < -0.4 is 0 Å². The summed E-state index contributed by atoms with van der Waals surface area (Å²) < 4.78 is 0. The molecule has 0 unspecified atom stereocenters. The van der Waals surface area contributed by atoms with Crippen LogP contribution in [-0.4, -0.2) is 29.0 Å². The van der Waals surface area contributed by atoms with Crippen LogP contribution in [0.3, 0.4) is 0 Å². The Labute approximate surface area is 102 Å². The zero-order valence-corrected chi connectivity index (χ0v) is 10.2. The highest BCUT2D eigenvalue weighted by Gasteiger charge is 2.23. The summed E-state index contributed by atoms with van der Waals surface area (Å²) in [6.07, 6.45) is 3.35. The number of likely N-dealkylation sites (tertiary alicyclic amines) is 1. The number of phenols is 1. The molecule has 0 aromatic heterocycles. The molecule has 1 heterocycles. The minimum Gasteiger partial charge on any atom is -0.507 e. The number of para-hydroxylation sites is 1. The van der Waals surface area contributed by atoms with Gasteiger partial charge in [-0.25, -0.2) is 0 Å². The predicted molar refractivity (Wildman–Crippen MR) is 67.0 cm³/mol. The maximum Gasteiger partial charge on any atom is 0.257 e. The lowest BCUT2D eigenvalue weighted by molar-refractivity contribution is 0.0686. The van der Waals surface area contributed by atoms with Crippen molar-refractivity contribution >= 4 is 5.91 Å². The number of rotatable bonds is 2. The molecule has 0 spiro atoms. The molecule has 1 amide bonds. The van der Waals surface area contributed by atoms with E-state index < -0.39 is 0 Å². The molecule has 0 atom stereocenters. The lowest BCUT2D eigenvalue weighted by Crippen LogP contribution is -2.38. The molecule has 1 aliphatic heterocycles. The first-order valence-electron chi connectivity index (χ1n) is 6.29. The maximum atomic E-state index is 12.2. The summed E-state index contributed by atoms with van der Waals surface area (Å²) in [5, 5.41) is 9.66.